The number of para-hydroxylation sites is 1. The number of urea groups is 1. The molecule has 0 aliphatic heterocycles. The summed E-state index contributed by atoms with van der Waals surface area (Å²) in [6.45, 7) is 6.01. The van der Waals surface area contributed by atoms with Crippen LogP contribution in [0, 0.1) is 12.8 Å². The number of allylic oxidation sites excluding steroid dienone is 2. The van der Waals surface area contributed by atoms with Gasteiger partial charge < -0.3 is 15.4 Å². The summed E-state index contributed by atoms with van der Waals surface area (Å²) >= 11 is 0. The van der Waals surface area contributed by atoms with Gasteiger partial charge in [-0.25, -0.2) is 4.79 Å². The van der Waals surface area contributed by atoms with Crippen molar-refractivity contribution < 1.29 is 19.1 Å². The van der Waals surface area contributed by atoms with E-state index in [2.05, 4.69) is 10.6 Å². The lowest BCUT2D eigenvalue weighted by Gasteiger charge is -2.16. The Kier molecular flexibility index (Phi) is 10.2. The Bertz CT molecular complexity index is 938. The summed E-state index contributed by atoms with van der Waals surface area (Å²) in [6, 6.07) is 16.6. The molecule has 0 aromatic heterocycles. The van der Waals surface area contributed by atoms with Crippen molar-refractivity contribution in [1.29, 1.82) is 0 Å². The zero-order chi connectivity index (χ0) is 23.3. The Morgan fingerprint density at radius 2 is 1.72 bits per heavy atom. The number of ether oxygens (including phenoxy) is 1. The van der Waals surface area contributed by atoms with Crippen LogP contribution in [0.5, 0.6) is 0 Å². The maximum absolute atomic E-state index is 12.5. The first kappa shape index (κ1) is 24.9. The molecular formula is C26H32N2O4. The van der Waals surface area contributed by atoms with Crippen molar-refractivity contribution >= 4 is 29.0 Å². The van der Waals surface area contributed by atoms with E-state index in [4.69, 9.17) is 4.74 Å². The van der Waals surface area contributed by atoms with Crippen molar-refractivity contribution in [1.82, 2.24) is 5.32 Å². The number of esters is 1. The van der Waals surface area contributed by atoms with Crippen LogP contribution < -0.4 is 10.6 Å². The molecule has 32 heavy (non-hydrogen) atoms. The molecule has 0 spiro atoms. The molecule has 2 aromatic rings. The van der Waals surface area contributed by atoms with Gasteiger partial charge in [0.05, 0.1) is 12.5 Å². The monoisotopic (exact) mass is 436 g/mol. The van der Waals surface area contributed by atoms with Crippen LogP contribution in [0.1, 0.15) is 44.2 Å². The van der Waals surface area contributed by atoms with Crippen LogP contribution in [0.4, 0.5) is 10.5 Å². The normalized spacial score (nSPS) is 12.0. The molecule has 0 aliphatic carbocycles. The lowest BCUT2D eigenvalue weighted by atomic mass is 9.91. The lowest BCUT2D eigenvalue weighted by molar-refractivity contribution is -0.147. The largest absolute Gasteiger partial charge is 0.464 e. The number of anilines is 1. The van der Waals surface area contributed by atoms with Crippen LogP contribution >= 0.6 is 0 Å². The minimum Gasteiger partial charge on any atom is -0.464 e. The molecule has 0 aliphatic rings. The molecule has 2 amide bonds. The molecule has 0 saturated heterocycles. The molecule has 0 saturated carbocycles. The Hall–Kier alpha value is -3.41. The number of aryl methyl sites for hydroxylation is 1. The highest BCUT2D eigenvalue weighted by molar-refractivity contribution is 5.97. The van der Waals surface area contributed by atoms with Crippen molar-refractivity contribution in [2.24, 2.45) is 5.92 Å². The van der Waals surface area contributed by atoms with Gasteiger partial charge in [-0.1, -0.05) is 56.3 Å². The molecule has 2 aromatic carbocycles. The van der Waals surface area contributed by atoms with Crippen LogP contribution in [-0.2, 0) is 14.3 Å². The quantitative estimate of drug-likeness (QED) is 0.290. The average Bonchev–Trinajstić information content (AvgIpc) is 2.77. The van der Waals surface area contributed by atoms with E-state index in [9.17, 15) is 14.4 Å². The predicted octanol–water partition coefficient (Wildman–Crippen LogP) is 5.14. The molecule has 6 nitrogen and oxygen atoms in total. The smallest absolute Gasteiger partial charge is 0.319 e. The third-order valence-electron chi connectivity index (χ3n) is 4.91. The van der Waals surface area contributed by atoms with Gasteiger partial charge >= 0.3 is 12.0 Å². The summed E-state index contributed by atoms with van der Waals surface area (Å²) in [4.78, 5) is 36.6. The maximum atomic E-state index is 12.5. The molecular weight excluding hydrogens is 404 g/mol. The number of carbonyl (C=O) groups excluding carboxylic acids is 3. The highest BCUT2D eigenvalue weighted by Gasteiger charge is 2.19. The van der Waals surface area contributed by atoms with Crippen LogP contribution in [0.2, 0.25) is 0 Å². The highest BCUT2D eigenvalue weighted by Crippen LogP contribution is 2.26. The van der Waals surface area contributed by atoms with Crippen LogP contribution in [0.3, 0.4) is 0 Å². The topological polar surface area (TPSA) is 84.5 Å². The van der Waals surface area contributed by atoms with E-state index in [1.165, 1.54) is 0 Å². The van der Waals surface area contributed by atoms with E-state index in [1.54, 1.807) is 25.1 Å². The van der Waals surface area contributed by atoms with Gasteiger partial charge in [-0.2, -0.15) is 0 Å². The molecule has 0 radical (unpaired) electrons. The standard InChI is InChI=1S/C26H32N2O4/c1-4-10-23(29)18-21(24-14-9-8-11-19(24)2)17-20(3)25(30)32-16-15-27-26(31)28-22-12-6-5-7-13-22/h5-9,11-14,18,20H,4,10,15-17H2,1-3H3,(H2,27,28,31)/b21-18-. The second kappa shape index (κ2) is 13.1. The van der Waals surface area contributed by atoms with Gasteiger partial charge in [-0.15, -0.1) is 0 Å². The van der Waals surface area contributed by atoms with Gasteiger partial charge in [-0.05, 0) is 54.7 Å². The number of amides is 2. The van der Waals surface area contributed by atoms with E-state index in [1.807, 2.05) is 56.3 Å². The van der Waals surface area contributed by atoms with Crippen LogP contribution in [0.15, 0.2) is 60.7 Å². The number of rotatable bonds is 11. The van der Waals surface area contributed by atoms with E-state index in [0.29, 0.717) is 18.5 Å². The van der Waals surface area contributed by atoms with Gasteiger partial charge in [0, 0.05) is 12.1 Å². The van der Waals surface area contributed by atoms with Crippen molar-refractivity contribution in [2.75, 3.05) is 18.5 Å². The third kappa shape index (κ3) is 8.38. The van der Waals surface area contributed by atoms with E-state index >= 15 is 0 Å². The molecule has 1 unspecified atom stereocenters. The minimum absolute atomic E-state index is 0.0555. The Morgan fingerprint density at radius 1 is 1.03 bits per heavy atom. The molecule has 1 atom stereocenters. The van der Waals surface area contributed by atoms with E-state index in [0.717, 1.165) is 23.1 Å². The summed E-state index contributed by atoms with van der Waals surface area (Å²) in [5, 5.41) is 5.36. The van der Waals surface area contributed by atoms with Gasteiger partial charge in [0.15, 0.2) is 5.78 Å². The summed E-state index contributed by atoms with van der Waals surface area (Å²) in [5.74, 6) is -0.730. The number of ketones is 1. The number of nitrogens with one attached hydrogen (secondary N) is 2. The zero-order valence-corrected chi connectivity index (χ0v) is 19.0. The zero-order valence-electron chi connectivity index (χ0n) is 19.0. The maximum Gasteiger partial charge on any atom is 0.319 e. The van der Waals surface area contributed by atoms with Crippen LogP contribution in [0.25, 0.3) is 5.57 Å². The Labute approximate surface area is 190 Å². The highest BCUT2D eigenvalue weighted by atomic mass is 16.5. The summed E-state index contributed by atoms with van der Waals surface area (Å²) in [6.07, 6.45) is 3.32. The number of hydrogen-bond acceptors (Lipinski definition) is 4. The Balaban J connectivity index is 1.87. The SMILES string of the molecule is CCCC(=O)/C=C(/CC(C)C(=O)OCCNC(=O)Nc1ccccc1)c1ccccc1C. The molecule has 6 heteroatoms. The predicted molar refractivity (Wildman–Crippen MR) is 127 cm³/mol. The van der Waals surface area contributed by atoms with Crippen molar-refractivity contribution in [2.45, 2.75) is 40.0 Å². The van der Waals surface area contributed by atoms with Gasteiger partial charge in [0.1, 0.15) is 6.61 Å². The van der Waals surface area contributed by atoms with E-state index < -0.39 is 5.92 Å². The molecule has 170 valence electrons. The molecule has 0 heterocycles. The number of benzene rings is 2. The number of carbonyl (C=O) groups is 3. The Morgan fingerprint density at radius 3 is 2.41 bits per heavy atom. The van der Waals surface area contributed by atoms with Crippen molar-refractivity contribution in [3.05, 3.63) is 71.8 Å². The van der Waals surface area contributed by atoms with E-state index in [-0.39, 0.29) is 30.9 Å². The van der Waals surface area contributed by atoms with Gasteiger partial charge in [-0.3, -0.25) is 9.59 Å². The summed E-state index contributed by atoms with van der Waals surface area (Å²) in [5.41, 5.74) is 3.54. The van der Waals surface area contributed by atoms with Gasteiger partial charge in [0.25, 0.3) is 0 Å². The first-order valence-electron chi connectivity index (χ1n) is 11.0. The minimum atomic E-state index is -0.423. The number of hydrogen-bond donors (Lipinski definition) is 2. The second-order valence-corrected chi connectivity index (χ2v) is 7.72. The third-order valence-corrected chi connectivity index (χ3v) is 4.91. The van der Waals surface area contributed by atoms with Gasteiger partial charge in [0.2, 0.25) is 0 Å². The first-order chi connectivity index (χ1) is 15.4. The molecule has 2 N–H and O–H groups in total. The van der Waals surface area contributed by atoms with Crippen molar-refractivity contribution in [3.8, 4) is 0 Å². The molecule has 2 rings (SSSR count). The summed E-state index contributed by atoms with van der Waals surface area (Å²) in [7, 11) is 0. The fraction of sp³-hybridized carbons (Fsp3) is 0.346. The second-order valence-electron chi connectivity index (χ2n) is 7.72. The summed E-state index contributed by atoms with van der Waals surface area (Å²) < 4.78 is 5.33. The lowest BCUT2D eigenvalue weighted by Crippen LogP contribution is -2.32. The van der Waals surface area contributed by atoms with Crippen molar-refractivity contribution in [3.63, 3.8) is 0 Å². The first-order valence-corrected chi connectivity index (χ1v) is 11.0. The fourth-order valence-corrected chi connectivity index (χ4v) is 3.26. The average molecular weight is 437 g/mol. The fourth-order valence-electron chi connectivity index (χ4n) is 3.26. The molecule has 0 bridgehead atoms. The molecule has 0 fully saturated rings. The van der Waals surface area contributed by atoms with Crippen LogP contribution in [-0.4, -0.2) is 30.9 Å².